The largest absolute Gasteiger partial charge is 0.325 e. The van der Waals surface area contributed by atoms with Gasteiger partial charge in [0, 0.05) is 16.6 Å². The molecule has 0 atom stereocenters. The molecule has 1 heterocycles. The second-order valence-corrected chi connectivity index (χ2v) is 7.47. The average Bonchev–Trinajstić information content (AvgIpc) is 3.03. The first kappa shape index (κ1) is 17.1. The molecule has 3 rings (SSSR count). The van der Waals surface area contributed by atoms with E-state index in [1.54, 1.807) is 0 Å². The Balaban J connectivity index is 1.64. The maximum Gasteiger partial charge on any atom is 0.325 e. The molecule has 25 heavy (non-hydrogen) atoms. The second-order valence-electron chi connectivity index (χ2n) is 5.05. The molecule has 2 aromatic carbocycles. The average molecular weight is 374 g/mol. The molecule has 0 spiro atoms. The highest BCUT2D eigenvalue weighted by molar-refractivity contribution is 7.89. The molecule has 9 heteroatoms. The highest BCUT2D eigenvalue weighted by Crippen LogP contribution is 2.24. The lowest BCUT2D eigenvalue weighted by atomic mass is 10.2. The summed E-state index contributed by atoms with van der Waals surface area (Å²) in [6.07, 6.45) is 0. The van der Waals surface area contributed by atoms with Crippen LogP contribution in [0.3, 0.4) is 0 Å². The monoisotopic (exact) mass is 374 g/mol. The van der Waals surface area contributed by atoms with Gasteiger partial charge in [0.25, 0.3) is 0 Å². The molecule has 2 amide bonds. The van der Waals surface area contributed by atoms with Gasteiger partial charge < -0.3 is 5.32 Å². The van der Waals surface area contributed by atoms with Crippen molar-refractivity contribution in [1.82, 2.24) is 4.98 Å². The first-order valence-corrected chi connectivity index (χ1v) is 9.56. The molecule has 4 N–H and O–H groups in total. The fraction of sp³-hybridized carbons (Fsp3) is 0. The van der Waals surface area contributed by atoms with Crippen LogP contribution < -0.4 is 15.8 Å². The minimum atomic E-state index is -3.76. The van der Waals surface area contributed by atoms with E-state index in [-0.39, 0.29) is 4.90 Å². The summed E-state index contributed by atoms with van der Waals surface area (Å²) in [4.78, 5) is 16.3. The zero-order chi connectivity index (χ0) is 17.9. The van der Waals surface area contributed by atoms with Gasteiger partial charge in [-0.25, -0.2) is 23.3 Å². The van der Waals surface area contributed by atoms with E-state index in [0.717, 1.165) is 11.3 Å². The van der Waals surface area contributed by atoms with Gasteiger partial charge >= 0.3 is 6.03 Å². The molecule has 0 aliphatic heterocycles. The van der Waals surface area contributed by atoms with Crippen molar-refractivity contribution in [1.29, 1.82) is 0 Å². The van der Waals surface area contributed by atoms with Gasteiger partial charge in [0.2, 0.25) is 10.0 Å². The number of nitrogens with zero attached hydrogens (tertiary/aromatic N) is 1. The van der Waals surface area contributed by atoms with Crippen LogP contribution in [0.1, 0.15) is 0 Å². The summed E-state index contributed by atoms with van der Waals surface area (Å²) < 4.78 is 22.4. The van der Waals surface area contributed by atoms with Crippen LogP contribution >= 0.6 is 11.3 Å². The molecule has 7 nitrogen and oxygen atoms in total. The van der Waals surface area contributed by atoms with E-state index in [9.17, 15) is 13.2 Å². The molecule has 0 bridgehead atoms. The first-order valence-electron chi connectivity index (χ1n) is 7.14. The number of anilines is 2. The number of amides is 2. The van der Waals surface area contributed by atoms with Crippen molar-refractivity contribution in [3.8, 4) is 11.3 Å². The van der Waals surface area contributed by atoms with Crippen LogP contribution in [0.2, 0.25) is 0 Å². The fourth-order valence-corrected chi connectivity index (χ4v) is 3.29. The number of primary sulfonamides is 1. The minimum absolute atomic E-state index is 0.0223. The smallest absolute Gasteiger partial charge is 0.308 e. The van der Waals surface area contributed by atoms with Crippen LogP contribution in [0.25, 0.3) is 11.3 Å². The van der Waals surface area contributed by atoms with Crippen molar-refractivity contribution < 1.29 is 13.2 Å². The number of aromatic nitrogens is 1. The van der Waals surface area contributed by atoms with Crippen molar-refractivity contribution in [2.24, 2.45) is 5.14 Å². The van der Waals surface area contributed by atoms with E-state index >= 15 is 0 Å². The van der Waals surface area contributed by atoms with Crippen molar-refractivity contribution in [3.63, 3.8) is 0 Å². The van der Waals surface area contributed by atoms with Crippen LogP contribution in [0.15, 0.2) is 64.9 Å². The number of hydrogen-bond donors (Lipinski definition) is 3. The van der Waals surface area contributed by atoms with Gasteiger partial charge in [-0.3, -0.25) is 5.32 Å². The third-order valence-electron chi connectivity index (χ3n) is 3.23. The van der Waals surface area contributed by atoms with Crippen molar-refractivity contribution >= 4 is 38.2 Å². The molecule has 0 aliphatic rings. The van der Waals surface area contributed by atoms with E-state index in [1.807, 2.05) is 35.7 Å². The van der Waals surface area contributed by atoms with Crippen molar-refractivity contribution in [2.45, 2.75) is 4.90 Å². The molecule has 0 aliphatic carbocycles. The Bertz CT molecular complexity index is 984. The number of urea groups is 1. The van der Waals surface area contributed by atoms with Crippen LogP contribution in [0, 0.1) is 0 Å². The molecule has 1 aromatic heterocycles. The Morgan fingerprint density at radius 3 is 2.32 bits per heavy atom. The summed E-state index contributed by atoms with van der Waals surface area (Å²) in [5, 5.41) is 12.6. The molecule has 0 saturated heterocycles. The second kappa shape index (κ2) is 7.01. The molecule has 0 saturated carbocycles. The maximum absolute atomic E-state index is 12.0. The molecular formula is C16H14N4O3S2. The van der Waals surface area contributed by atoms with E-state index in [0.29, 0.717) is 10.8 Å². The zero-order valence-electron chi connectivity index (χ0n) is 12.8. The van der Waals surface area contributed by atoms with Crippen molar-refractivity contribution in [3.05, 3.63) is 60.0 Å². The third kappa shape index (κ3) is 4.41. The summed E-state index contributed by atoms with van der Waals surface area (Å²) in [5.74, 6) is 0. The Hall–Kier alpha value is -2.75. The minimum Gasteiger partial charge on any atom is -0.308 e. The summed E-state index contributed by atoms with van der Waals surface area (Å²) in [7, 11) is -3.76. The summed E-state index contributed by atoms with van der Waals surface area (Å²) in [6, 6.07) is 14.7. The van der Waals surface area contributed by atoms with Gasteiger partial charge in [0.1, 0.15) is 0 Å². The number of rotatable bonds is 4. The highest BCUT2D eigenvalue weighted by atomic mass is 32.2. The van der Waals surface area contributed by atoms with Gasteiger partial charge in [-0.15, -0.1) is 11.3 Å². The number of hydrogen-bond acceptors (Lipinski definition) is 5. The highest BCUT2D eigenvalue weighted by Gasteiger charge is 2.10. The van der Waals surface area contributed by atoms with Crippen LogP contribution in [-0.4, -0.2) is 19.4 Å². The van der Waals surface area contributed by atoms with E-state index in [1.165, 1.54) is 35.6 Å². The van der Waals surface area contributed by atoms with Crippen LogP contribution in [-0.2, 0) is 10.0 Å². The lowest BCUT2D eigenvalue weighted by molar-refractivity contribution is 0.262. The van der Waals surface area contributed by atoms with E-state index < -0.39 is 16.1 Å². The summed E-state index contributed by atoms with van der Waals surface area (Å²) >= 11 is 1.31. The Morgan fingerprint density at radius 2 is 1.68 bits per heavy atom. The Morgan fingerprint density at radius 1 is 1.00 bits per heavy atom. The maximum atomic E-state index is 12.0. The fourth-order valence-electron chi connectivity index (χ4n) is 2.06. The lowest BCUT2D eigenvalue weighted by Crippen LogP contribution is -2.19. The number of sulfonamides is 1. The number of nitrogens with one attached hydrogen (secondary N) is 2. The molecule has 0 unspecified atom stereocenters. The third-order valence-corrected chi connectivity index (χ3v) is 4.92. The topological polar surface area (TPSA) is 114 Å². The number of nitrogens with two attached hydrogens (primary N) is 1. The van der Waals surface area contributed by atoms with Gasteiger partial charge in [0.05, 0.1) is 10.6 Å². The molecule has 0 radical (unpaired) electrons. The predicted octanol–water partition coefficient (Wildman–Crippen LogP) is 3.10. The molecule has 0 fully saturated rings. The van der Waals surface area contributed by atoms with Gasteiger partial charge in [0.15, 0.2) is 5.13 Å². The number of carbonyl (C=O) groups is 1. The quantitative estimate of drug-likeness (QED) is 0.651. The number of thiazole rings is 1. The van der Waals surface area contributed by atoms with Crippen molar-refractivity contribution in [2.75, 3.05) is 10.6 Å². The summed E-state index contributed by atoms with van der Waals surface area (Å²) in [6.45, 7) is 0. The zero-order valence-corrected chi connectivity index (χ0v) is 14.5. The van der Waals surface area contributed by atoms with Crippen LogP contribution in [0.5, 0.6) is 0 Å². The van der Waals surface area contributed by atoms with Gasteiger partial charge in [-0.2, -0.15) is 0 Å². The SMILES string of the molecule is NS(=O)(=O)c1ccc(NC(=O)Nc2nc(-c3ccccc3)cs2)cc1. The number of carbonyl (C=O) groups excluding carboxylic acids is 1. The first-order chi connectivity index (χ1) is 11.9. The lowest BCUT2D eigenvalue weighted by Gasteiger charge is -2.06. The van der Waals surface area contributed by atoms with Gasteiger partial charge in [-0.05, 0) is 24.3 Å². The number of benzene rings is 2. The van der Waals surface area contributed by atoms with Gasteiger partial charge in [-0.1, -0.05) is 30.3 Å². The molecule has 128 valence electrons. The standard InChI is InChI=1S/C16H14N4O3S2/c17-25(22,23)13-8-6-12(7-9-13)18-15(21)20-16-19-14(10-24-16)11-4-2-1-3-5-11/h1-10H,(H2,17,22,23)(H2,18,19,20,21). The van der Waals surface area contributed by atoms with E-state index in [4.69, 9.17) is 5.14 Å². The molecular weight excluding hydrogens is 360 g/mol. The summed E-state index contributed by atoms with van der Waals surface area (Å²) in [5.41, 5.74) is 2.17. The van der Waals surface area contributed by atoms with Crippen LogP contribution in [0.4, 0.5) is 15.6 Å². The Kier molecular flexibility index (Phi) is 4.79. The Labute approximate surface area is 148 Å². The molecule has 3 aromatic rings. The normalized spacial score (nSPS) is 11.1. The predicted molar refractivity (Wildman–Crippen MR) is 98.0 cm³/mol. The van der Waals surface area contributed by atoms with E-state index in [2.05, 4.69) is 15.6 Å².